The Morgan fingerprint density at radius 2 is 1.67 bits per heavy atom. The van der Waals surface area contributed by atoms with Gasteiger partial charge in [-0.2, -0.15) is 13.2 Å². The van der Waals surface area contributed by atoms with Crippen LogP contribution in [0.5, 0.6) is 5.75 Å². The number of benzene rings is 3. The number of alkyl halides is 3. The average molecular weight is 537 g/mol. The van der Waals surface area contributed by atoms with Gasteiger partial charge in [0.25, 0.3) is 0 Å². The summed E-state index contributed by atoms with van der Waals surface area (Å²) in [7, 11) is 0. The van der Waals surface area contributed by atoms with Crippen molar-refractivity contribution in [3.63, 3.8) is 0 Å². The van der Waals surface area contributed by atoms with Gasteiger partial charge in [-0.15, -0.1) is 0 Å². The Morgan fingerprint density at radius 3 is 2.31 bits per heavy atom. The monoisotopic (exact) mass is 536 g/mol. The van der Waals surface area contributed by atoms with Gasteiger partial charge in [-0.25, -0.2) is 4.98 Å². The molecule has 0 spiro atoms. The van der Waals surface area contributed by atoms with Gasteiger partial charge in [0.05, 0.1) is 16.6 Å². The quantitative estimate of drug-likeness (QED) is 0.278. The lowest BCUT2D eigenvalue weighted by Gasteiger charge is -2.36. The Labute approximate surface area is 225 Å². The van der Waals surface area contributed by atoms with Crippen molar-refractivity contribution in [2.75, 3.05) is 31.1 Å². The Morgan fingerprint density at radius 1 is 0.974 bits per heavy atom. The van der Waals surface area contributed by atoms with Crippen LogP contribution in [0, 0.1) is 0 Å². The molecule has 1 amide bonds. The van der Waals surface area contributed by atoms with Gasteiger partial charge in [-0.1, -0.05) is 37.3 Å². The first-order chi connectivity index (χ1) is 18.7. The topological polar surface area (TPSA) is 50.6 Å². The molecule has 1 aliphatic heterocycles. The second-order valence-corrected chi connectivity index (χ2v) is 9.72. The summed E-state index contributed by atoms with van der Waals surface area (Å²) in [5.74, 6) is 1.55. The third kappa shape index (κ3) is 5.87. The molecule has 0 saturated carbocycles. The molecule has 4 aromatic rings. The predicted octanol–water partition coefficient (Wildman–Crippen LogP) is 6.30. The van der Waals surface area contributed by atoms with Gasteiger partial charge in [0.1, 0.15) is 5.75 Å². The predicted molar refractivity (Wildman–Crippen MR) is 145 cm³/mol. The maximum absolute atomic E-state index is 13.1. The van der Waals surface area contributed by atoms with E-state index in [1.54, 1.807) is 0 Å². The molecule has 5 rings (SSSR count). The lowest BCUT2D eigenvalue weighted by atomic mass is 10.1. The van der Waals surface area contributed by atoms with Crippen molar-refractivity contribution in [2.45, 2.75) is 39.1 Å². The number of aromatic nitrogens is 2. The van der Waals surface area contributed by atoms with Gasteiger partial charge in [-0.05, 0) is 55.0 Å². The molecule has 0 aliphatic carbocycles. The van der Waals surface area contributed by atoms with Gasteiger partial charge in [0.15, 0.2) is 11.9 Å². The molecule has 0 bridgehead atoms. The molecule has 1 unspecified atom stereocenters. The van der Waals surface area contributed by atoms with Crippen LogP contribution in [0.2, 0.25) is 0 Å². The van der Waals surface area contributed by atoms with Crippen molar-refractivity contribution >= 4 is 22.6 Å². The van der Waals surface area contributed by atoms with Gasteiger partial charge >= 0.3 is 6.18 Å². The van der Waals surface area contributed by atoms with Crippen LogP contribution in [0.4, 0.5) is 18.9 Å². The van der Waals surface area contributed by atoms with Crippen molar-refractivity contribution in [3.05, 3.63) is 89.7 Å². The smallest absolute Gasteiger partial charge is 0.416 e. The average Bonchev–Trinajstić information content (AvgIpc) is 3.30. The zero-order valence-electron chi connectivity index (χ0n) is 22.0. The number of carbonyl (C=O) groups is 1. The number of hydrogen-bond acceptors (Lipinski definition) is 4. The number of para-hydroxylation sites is 1. The van der Waals surface area contributed by atoms with Crippen LogP contribution in [-0.2, 0) is 17.5 Å². The number of carbonyl (C=O) groups excluding carboxylic acids is 1. The van der Waals surface area contributed by atoms with E-state index >= 15 is 0 Å². The number of nitrogens with zero attached hydrogens (tertiary/aromatic N) is 4. The third-order valence-corrected chi connectivity index (χ3v) is 7.10. The van der Waals surface area contributed by atoms with E-state index < -0.39 is 17.8 Å². The molecule has 1 aliphatic rings. The van der Waals surface area contributed by atoms with Crippen molar-refractivity contribution in [1.82, 2.24) is 14.5 Å². The van der Waals surface area contributed by atoms with E-state index in [1.807, 2.05) is 65.8 Å². The second kappa shape index (κ2) is 11.0. The van der Waals surface area contributed by atoms with E-state index in [2.05, 4.69) is 11.0 Å². The highest BCUT2D eigenvalue weighted by Crippen LogP contribution is 2.31. The summed E-state index contributed by atoms with van der Waals surface area (Å²) in [5.41, 5.74) is 2.73. The highest BCUT2D eigenvalue weighted by molar-refractivity contribution is 5.81. The first-order valence-corrected chi connectivity index (χ1v) is 13.1. The maximum atomic E-state index is 13.1. The third-order valence-electron chi connectivity index (χ3n) is 7.10. The zero-order valence-corrected chi connectivity index (χ0v) is 22.0. The largest absolute Gasteiger partial charge is 0.483 e. The number of piperazine rings is 1. The summed E-state index contributed by atoms with van der Waals surface area (Å²) in [6, 6.07) is 20.8. The van der Waals surface area contributed by atoms with Crippen LogP contribution in [0.25, 0.3) is 11.0 Å². The van der Waals surface area contributed by atoms with Crippen LogP contribution in [0.1, 0.15) is 43.3 Å². The van der Waals surface area contributed by atoms with Crippen LogP contribution in [0.3, 0.4) is 0 Å². The summed E-state index contributed by atoms with van der Waals surface area (Å²) >= 11 is 0. The summed E-state index contributed by atoms with van der Waals surface area (Å²) in [4.78, 5) is 21.1. The lowest BCUT2D eigenvalue weighted by molar-refractivity contribution is -0.137. The minimum absolute atomic E-state index is 0.164. The van der Waals surface area contributed by atoms with Crippen LogP contribution in [0.15, 0.2) is 72.8 Å². The molecular formula is C30H31F3N4O2. The Balaban J connectivity index is 1.48. The molecule has 1 fully saturated rings. The number of ether oxygens (including phenoxy) is 1. The molecule has 39 heavy (non-hydrogen) atoms. The fraction of sp³-hybridized carbons (Fsp3) is 0.333. The fourth-order valence-corrected chi connectivity index (χ4v) is 4.98. The molecule has 6 nitrogen and oxygen atoms in total. The number of fused-ring (bicyclic) bond motifs is 1. The van der Waals surface area contributed by atoms with E-state index in [1.165, 1.54) is 12.1 Å². The molecule has 1 aromatic heterocycles. The maximum Gasteiger partial charge on any atom is 0.416 e. The standard InChI is InChI=1S/C30H31F3N4O2/c1-3-28(38)36-17-15-35(16-18-36)24-13-14-26-27(19-24)37(20-22-9-11-23(12-10-22)30(31,32)33)29(34-26)21(2)39-25-7-5-4-6-8-25/h4-14,19,21H,3,15-18,20H2,1-2H3. The molecule has 0 N–H and O–H groups in total. The molecule has 1 saturated heterocycles. The summed E-state index contributed by atoms with van der Waals surface area (Å²) in [5, 5.41) is 0. The van der Waals surface area contributed by atoms with Gasteiger partial charge in [0, 0.05) is 44.8 Å². The Hall–Kier alpha value is -4.01. The highest BCUT2D eigenvalue weighted by atomic mass is 19.4. The summed E-state index contributed by atoms with van der Waals surface area (Å²) in [6.45, 7) is 6.93. The molecule has 3 aromatic carbocycles. The number of imidazole rings is 1. The molecular weight excluding hydrogens is 505 g/mol. The minimum Gasteiger partial charge on any atom is -0.483 e. The molecule has 0 radical (unpaired) electrons. The van der Waals surface area contributed by atoms with E-state index in [4.69, 9.17) is 9.72 Å². The van der Waals surface area contributed by atoms with Crippen molar-refractivity contribution in [2.24, 2.45) is 0 Å². The highest BCUT2D eigenvalue weighted by Gasteiger charge is 2.30. The molecule has 2 heterocycles. The van der Waals surface area contributed by atoms with E-state index in [0.717, 1.165) is 47.5 Å². The van der Waals surface area contributed by atoms with Crippen molar-refractivity contribution in [1.29, 1.82) is 0 Å². The number of hydrogen-bond donors (Lipinski definition) is 0. The first-order valence-electron chi connectivity index (χ1n) is 13.1. The van der Waals surface area contributed by atoms with E-state index in [9.17, 15) is 18.0 Å². The van der Waals surface area contributed by atoms with E-state index in [0.29, 0.717) is 37.6 Å². The summed E-state index contributed by atoms with van der Waals surface area (Å²) in [6.07, 6.45) is -4.29. The van der Waals surface area contributed by atoms with E-state index in [-0.39, 0.29) is 5.91 Å². The SMILES string of the molecule is CCC(=O)N1CCN(c2ccc3nc(C(C)Oc4ccccc4)n(Cc4ccc(C(F)(F)F)cc4)c3c2)CC1. The Kier molecular flexibility index (Phi) is 7.50. The molecule has 204 valence electrons. The number of amides is 1. The van der Waals surface area contributed by atoms with Gasteiger partial charge in [-0.3, -0.25) is 4.79 Å². The summed E-state index contributed by atoms with van der Waals surface area (Å²) < 4.78 is 47.6. The molecule has 1 atom stereocenters. The molecule has 9 heteroatoms. The normalized spacial score (nSPS) is 15.0. The van der Waals surface area contributed by atoms with Crippen LogP contribution >= 0.6 is 0 Å². The zero-order chi connectivity index (χ0) is 27.6. The van der Waals surface area contributed by atoms with Crippen molar-refractivity contribution < 1.29 is 22.7 Å². The number of rotatable bonds is 7. The fourth-order valence-electron chi connectivity index (χ4n) is 4.98. The number of halogens is 3. The second-order valence-electron chi connectivity index (χ2n) is 9.72. The minimum atomic E-state index is -4.38. The lowest BCUT2D eigenvalue weighted by Crippen LogP contribution is -2.48. The number of anilines is 1. The van der Waals surface area contributed by atoms with Gasteiger partial charge < -0.3 is 19.1 Å². The Bertz CT molecular complexity index is 1430. The van der Waals surface area contributed by atoms with Crippen LogP contribution < -0.4 is 9.64 Å². The van der Waals surface area contributed by atoms with Crippen molar-refractivity contribution in [3.8, 4) is 5.75 Å². The van der Waals surface area contributed by atoms with Gasteiger partial charge in [0.2, 0.25) is 5.91 Å². The van der Waals surface area contributed by atoms with Crippen LogP contribution in [-0.4, -0.2) is 46.5 Å². The first kappa shape index (κ1) is 26.6.